The Hall–Kier alpha value is -4.74. The second-order valence-electron chi connectivity index (χ2n) is 8.61. The Labute approximate surface area is 231 Å². The van der Waals surface area contributed by atoms with Crippen LogP contribution in [0.25, 0.3) is 0 Å². The van der Waals surface area contributed by atoms with Gasteiger partial charge in [-0.15, -0.1) is 0 Å². The molecule has 2 rings (SSSR count). The smallest absolute Gasteiger partial charge is 0.303 e. The van der Waals surface area contributed by atoms with Crippen molar-refractivity contribution in [3.8, 4) is 0 Å². The number of rotatable bonds is 13. The van der Waals surface area contributed by atoms with Crippen molar-refractivity contribution in [2.45, 2.75) is 65.2 Å². The Morgan fingerprint density at radius 1 is 0.525 bits per heavy atom. The summed E-state index contributed by atoms with van der Waals surface area (Å²) in [6.07, 6.45) is -7.55. The van der Waals surface area contributed by atoms with E-state index in [2.05, 4.69) is 10.6 Å². The predicted octanol–water partition coefficient (Wildman–Crippen LogP) is 1.35. The molecule has 2 aromatic rings. The van der Waals surface area contributed by atoms with Crippen LogP contribution in [0.1, 0.15) is 38.8 Å². The Balaban J connectivity index is 2.47. The van der Waals surface area contributed by atoms with Gasteiger partial charge >= 0.3 is 23.9 Å². The summed E-state index contributed by atoms with van der Waals surface area (Å²) in [7, 11) is 0. The number of nitrogens with one attached hydrogen (secondary N) is 2. The summed E-state index contributed by atoms with van der Waals surface area (Å²) in [5, 5.41) is 5.13. The number of carbonyl (C=O) groups is 6. The zero-order valence-corrected chi connectivity index (χ0v) is 22.6. The number of carbonyl (C=O) groups excluding carboxylic acids is 6. The van der Waals surface area contributed by atoms with E-state index in [1.165, 1.54) is 0 Å². The van der Waals surface area contributed by atoms with Crippen LogP contribution in [-0.4, -0.2) is 60.1 Å². The zero-order chi connectivity index (χ0) is 29.7. The molecular formula is C28H32N2O10. The molecule has 0 aliphatic heterocycles. The molecule has 40 heavy (non-hydrogen) atoms. The van der Waals surface area contributed by atoms with Gasteiger partial charge in [-0.3, -0.25) is 28.8 Å². The molecule has 214 valence electrons. The first-order valence-corrected chi connectivity index (χ1v) is 12.3. The summed E-state index contributed by atoms with van der Waals surface area (Å²) >= 11 is 0. The molecule has 0 heterocycles. The van der Waals surface area contributed by atoms with Gasteiger partial charge in [-0.2, -0.15) is 0 Å². The van der Waals surface area contributed by atoms with Gasteiger partial charge in [0.1, 0.15) is 0 Å². The van der Waals surface area contributed by atoms with Gasteiger partial charge in [-0.05, 0) is 11.1 Å². The molecule has 2 aromatic carbocycles. The van der Waals surface area contributed by atoms with Crippen LogP contribution in [0.2, 0.25) is 0 Å². The van der Waals surface area contributed by atoms with E-state index in [1.807, 2.05) is 0 Å². The largest absolute Gasteiger partial charge is 0.454 e. The van der Waals surface area contributed by atoms with Crippen molar-refractivity contribution < 1.29 is 47.7 Å². The van der Waals surface area contributed by atoms with E-state index in [-0.39, 0.29) is 13.1 Å². The van der Waals surface area contributed by atoms with Gasteiger partial charge in [-0.1, -0.05) is 60.7 Å². The first-order valence-electron chi connectivity index (χ1n) is 12.3. The molecule has 0 aromatic heterocycles. The third-order valence-electron chi connectivity index (χ3n) is 5.25. The highest BCUT2D eigenvalue weighted by Crippen LogP contribution is 2.21. The molecule has 0 bridgehead atoms. The Morgan fingerprint density at radius 3 is 1.10 bits per heavy atom. The number of hydrogen-bond donors (Lipinski definition) is 2. The quantitative estimate of drug-likeness (QED) is 0.272. The minimum atomic E-state index is -1.89. The maximum atomic E-state index is 13.3. The molecule has 0 fully saturated rings. The van der Waals surface area contributed by atoms with Crippen molar-refractivity contribution in [2.24, 2.45) is 0 Å². The van der Waals surface area contributed by atoms with E-state index in [9.17, 15) is 28.8 Å². The van der Waals surface area contributed by atoms with E-state index < -0.39 is 60.1 Å². The van der Waals surface area contributed by atoms with Crippen LogP contribution in [-0.2, 0) is 60.8 Å². The molecule has 0 aliphatic rings. The highest BCUT2D eigenvalue weighted by atomic mass is 16.6. The van der Waals surface area contributed by atoms with Crippen LogP contribution < -0.4 is 10.6 Å². The predicted molar refractivity (Wildman–Crippen MR) is 139 cm³/mol. The first kappa shape index (κ1) is 31.5. The second kappa shape index (κ2) is 15.6. The van der Waals surface area contributed by atoms with Gasteiger partial charge in [0.2, 0.25) is 12.2 Å². The average molecular weight is 557 g/mol. The fourth-order valence-corrected chi connectivity index (χ4v) is 3.65. The van der Waals surface area contributed by atoms with Crippen molar-refractivity contribution in [2.75, 3.05) is 0 Å². The lowest BCUT2D eigenvalue weighted by Gasteiger charge is -2.34. The maximum absolute atomic E-state index is 13.3. The van der Waals surface area contributed by atoms with Crippen LogP contribution >= 0.6 is 0 Å². The molecule has 4 unspecified atom stereocenters. The number of hydrogen-bond acceptors (Lipinski definition) is 10. The van der Waals surface area contributed by atoms with E-state index in [4.69, 9.17) is 18.9 Å². The van der Waals surface area contributed by atoms with Gasteiger partial charge in [0.25, 0.3) is 11.8 Å². The third-order valence-corrected chi connectivity index (χ3v) is 5.25. The van der Waals surface area contributed by atoms with Gasteiger partial charge in [0.15, 0.2) is 12.2 Å². The zero-order valence-electron chi connectivity index (χ0n) is 22.6. The molecule has 12 heteroatoms. The molecule has 0 radical (unpaired) electrons. The van der Waals surface area contributed by atoms with Crippen LogP contribution in [0.5, 0.6) is 0 Å². The highest BCUT2D eigenvalue weighted by Gasteiger charge is 2.48. The minimum Gasteiger partial charge on any atom is -0.454 e. The van der Waals surface area contributed by atoms with Crippen molar-refractivity contribution in [1.82, 2.24) is 10.6 Å². The minimum absolute atomic E-state index is 0.00734. The highest BCUT2D eigenvalue weighted by molar-refractivity contribution is 5.87. The van der Waals surface area contributed by atoms with Crippen molar-refractivity contribution in [3.63, 3.8) is 0 Å². The first-order chi connectivity index (χ1) is 19.0. The van der Waals surface area contributed by atoms with Crippen molar-refractivity contribution in [1.29, 1.82) is 0 Å². The van der Waals surface area contributed by atoms with Crippen LogP contribution in [0, 0.1) is 0 Å². The van der Waals surface area contributed by atoms with E-state index in [0.29, 0.717) is 11.1 Å². The van der Waals surface area contributed by atoms with E-state index in [0.717, 1.165) is 27.7 Å². The molecular weight excluding hydrogens is 524 g/mol. The lowest BCUT2D eigenvalue weighted by molar-refractivity contribution is -0.200. The monoisotopic (exact) mass is 556 g/mol. The number of ether oxygens (including phenoxy) is 4. The summed E-state index contributed by atoms with van der Waals surface area (Å²) in [4.78, 5) is 74.7. The fourth-order valence-electron chi connectivity index (χ4n) is 3.65. The van der Waals surface area contributed by atoms with Crippen LogP contribution in [0.4, 0.5) is 0 Å². The topological polar surface area (TPSA) is 163 Å². The molecule has 0 saturated heterocycles. The molecule has 0 spiro atoms. The standard InChI is InChI=1S/C28H32N2O10/c1-17(31)37-23(25(39-19(3)33)27(35)29-15-21-11-7-5-8-12-21)24(38-18(2)32)26(40-20(4)34)28(36)30-16-22-13-9-6-10-14-22/h5-14,23-26H,15-16H2,1-4H3,(H,29,35)(H,30,36). The lowest BCUT2D eigenvalue weighted by atomic mass is 10.00. The summed E-state index contributed by atoms with van der Waals surface area (Å²) < 4.78 is 21.0. The SMILES string of the molecule is CC(=O)OC(C(=O)NCc1ccccc1)C(OC(C)=O)C(OC(C)=O)C(OC(C)=O)C(=O)NCc1ccccc1. The molecule has 0 aliphatic carbocycles. The Bertz CT molecular complexity index is 1090. The van der Waals surface area contributed by atoms with Crippen LogP contribution in [0.15, 0.2) is 60.7 Å². The Kier molecular flexibility index (Phi) is 12.3. The van der Waals surface area contributed by atoms with Gasteiger partial charge in [0.05, 0.1) is 0 Å². The van der Waals surface area contributed by atoms with Crippen LogP contribution in [0.3, 0.4) is 0 Å². The summed E-state index contributed by atoms with van der Waals surface area (Å²) in [6.45, 7) is 4.04. The van der Waals surface area contributed by atoms with Crippen molar-refractivity contribution >= 4 is 35.7 Å². The Morgan fingerprint density at radius 2 is 0.825 bits per heavy atom. The lowest BCUT2D eigenvalue weighted by Crippen LogP contribution is -2.59. The summed E-state index contributed by atoms with van der Waals surface area (Å²) in [5.41, 5.74) is 1.41. The molecule has 2 N–H and O–H groups in total. The molecule has 2 amide bonds. The second-order valence-corrected chi connectivity index (χ2v) is 8.61. The van der Waals surface area contributed by atoms with Gasteiger partial charge in [-0.25, -0.2) is 0 Å². The summed E-state index contributed by atoms with van der Waals surface area (Å²) in [5.74, 6) is -5.63. The van der Waals surface area contributed by atoms with E-state index in [1.54, 1.807) is 60.7 Å². The maximum Gasteiger partial charge on any atom is 0.303 e. The molecule has 12 nitrogen and oxygen atoms in total. The van der Waals surface area contributed by atoms with Crippen molar-refractivity contribution in [3.05, 3.63) is 71.8 Å². The normalized spacial score (nSPS) is 13.4. The average Bonchev–Trinajstić information content (AvgIpc) is 2.90. The molecule has 4 atom stereocenters. The van der Waals surface area contributed by atoms with Gasteiger partial charge in [0, 0.05) is 40.8 Å². The van der Waals surface area contributed by atoms with E-state index >= 15 is 0 Å². The molecule has 0 saturated carbocycles. The van der Waals surface area contributed by atoms with Gasteiger partial charge < -0.3 is 29.6 Å². The number of benzene rings is 2. The number of esters is 4. The third kappa shape index (κ3) is 10.6. The fraction of sp³-hybridized carbons (Fsp3) is 0.357. The summed E-state index contributed by atoms with van der Waals surface area (Å²) in [6, 6.07) is 17.5. The number of amides is 2.